The van der Waals surface area contributed by atoms with Gasteiger partial charge in [-0.1, -0.05) is 92.5 Å². The largest absolute Gasteiger partial charge is 0.309 e. The van der Waals surface area contributed by atoms with Gasteiger partial charge >= 0.3 is 0 Å². The summed E-state index contributed by atoms with van der Waals surface area (Å²) < 4.78 is 4.35. The number of amides is 1. The lowest BCUT2D eigenvalue weighted by molar-refractivity contribution is -0.115. The van der Waals surface area contributed by atoms with E-state index in [4.69, 9.17) is 4.99 Å². The minimum absolute atomic E-state index is 0.157. The number of aliphatic imine (C=N–C) groups is 1. The van der Waals surface area contributed by atoms with Crippen LogP contribution in [0, 0.1) is 13.8 Å². The second-order valence-electron chi connectivity index (χ2n) is 9.75. The quantitative estimate of drug-likeness (QED) is 0.188. The number of halogens is 2. The van der Waals surface area contributed by atoms with Crippen molar-refractivity contribution in [2.24, 2.45) is 4.99 Å². The Labute approximate surface area is 260 Å². The van der Waals surface area contributed by atoms with Crippen molar-refractivity contribution in [2.45, 2.75) is 13.8 Å². The summed E-state index contributed by atoms with van der Waals surface area (Å²) in [6, 6.07) is 35.1. The fraction of sp³-hybridized carbons (Fsp3) is 0.0588. The molecule has 1 aliphatic rings. The van der Waals surface area contributed by atoms with Crippen molar-refractivity contribution in [3.05, 3.63) is 134 Å². The van der Waals surface area contributed by atoms with Crippen molar-refractivity contribution < 1.29 is 4.79 Å². The van der Waals surface area contributed by atoms with E-state index in [-0.39, 0.29) is 5.91 Å². The molecule has 4 nitrogen and oxygen atoms in total. The number of nitrogens with zero attached hydrogens (tertiary/aromatic N) is 2. The smallest absolute Gasteiger partial charge is 0.264 e. The zero-order valence-corrected chi connectivity index (χ0v) is 26.3. The van der Waals surface area contributed by atoms with Crippen LogP contribution in [0.5, 0.6) is 0 Å². The van der Waals surface area contributed by atoms with Gasteiger partial charge in [-0.3, -0.25) is 4.79 Å². The molecule has 0 atom stereocenters. The molecular weight excluding hydrogens is 658 g/mol. The summed E-state index contributed by atoms with van der Waals surface area (Å²) in [5.41, 5.74) is 9.19. The van der Waals surface area contributed by atoms with Crippen molar-refractivity contribution in [2.75, 3.05) is 0 Å². The van der Waals surface area contributed by atoms with Crippen LogP contribution in [0.2, 0.25) is 0 Å². The van der Waals surface area contributed by atoms with Gasteiger partial charge < -0.3 is 9.88 Å². The zero-order chi connectivity index (χ0) is 28.5. The molecule has 2 heterocycles. The first-order valence-corrected chi connectivity index (χ1v) is 15.5. The maximum absolute atomic E-state index is 13.2. The van der Waals surface area contributed by atoms with Gasteiger partial charge in [-0.25, -0.2) is 4.99 Å². The van der Waals surface area contributed by atoms with Crippen LogP contribution in [0.1, 0.15) is 16.7 Å². The van der Waals surface area contributed by atoms with Crippen LogP contribution in [0.25, 0.3) is 34.3 Å². The molecule has 6 rings (SSSR count). The molecule has 4 aromatic carbocycles. The highest BCUT2D eigenvalue weighted by atomic mass is 79.9. The first kappa shape index (κ1) is 27.5. The van der Waals surface area contributed by atoms with E-state index in [0.29, 0.717) is 10.1 Å². The van der Waals surface area contributed by atoms with Gasteiger partial charge in [0.1, 0.15) is 0 Å². The summed E-state index contributed by atoms with van der Waals surface area (Å²) >= 11 is 8.55. The third-order valence-corrected chi connectivity index (χ3v) is 9.51. The van der Waals surface area contributed by atoms with E-state index in [1.54, 1.807) is 0 Å². The Kier molecular flexibility index (Phi) is 7.84. The lowest BCUT2D eigenvalue weighted by Crippen LogP contribution is -2.19. The summed E-state index contributed by atoms with van der Waals surface area (Å²) in [7, 11) is 0. The highest BCUT2D eigenvalue weighted by molar-refractivity contribution is 9.10. The first-order valence-electron chi connectivity index (χ1n) is 13.1. The number of carbonyl (C=O) groups excluding carboxylic acids is 1. The number of carbonyl (C=O) groups is 1. The van der Waals surface area contributed by atoms with Gasteiger partial charge in [-0.05, 0) is 96.4 Å². The summed E-state index contributed by atoms with van der Waals surface area (Å²) in [6.07, 6.45) is 1.98. The van der Waals surface area contributed by atoms with Crippen LogP contribution in [0.4, 0.5) is 5.69 Å². The van der Waals surface area contributed by atoms with Crippen molar-refractivity contribution in [3.63, 3.8) is 0 Å². The van der Waals surface area contributed by atoms with Crippen LogP contribution < -0.4 is 5.32 Å². The van der Waals surface area contributed by atoms with Gasteiger partial charge in [0.2, 0.25) is 0 Å². The monoisotopic (exact) mass is 681 g/mol. The molecule has 41 heavy (non-hydrogen) atoms. The number of amidine groups is 1. The summed E-state index contributed by atoms with van der Waals surface area (Å²) in [5.74, 6) is -0.157. The van der Waals surface area contributed by atoms with Gasteiger partial charge in [-0.15, -0.1) is 0 Å². The van der Waals surface area contributed by atoms with Gasteiger partial charge in [0.15, 0.2) is 5.17 Å². The number of nitrogens with one attached hydrogen (secondary N) is 1. The summed E-state index contributed by atoms with van der Waals surface area (Å²) in [5, 5.41) is 3.53. The second kappa shape index (κ2) is 11.7. The Morgan fingerprint density at radius 2 is 1.41 bits per heavy atom. The molecule has 202 valence electrons. The SMILES string of the molecule is Cc1cc(N=C2NC(=O)/C(=C\c3cc(-c4ccccc4)n(-c4ccc(Br)cc4)c3-c3ccccc3)S2)cc(C)c1Br. The number of benzene rings is 4. The maximum Gasteiger partial charge on any atom is 0.264 e. The van der Waals surface area contributed by atoms with E-state index in [1.807, 2.05) is 80.6 Å². The molecular formula is C34H25Br2N3OS. The fourth-order valence-electron chi connectivity index (χ4n) is 4.94. The second-order valence-corrected chi connectivity index (χ2v) is 12.5. The lowest BCUT2D eigenvalue weighted by Gasteiger charge is -2.15. The number of aromatic nitrogens is 1. The molecule has 1 fully saturated rings. The Morgan fingerprint density at radius 1 is 0.805 bits per heavy atom. The molecule has 0 bridgehead atoms. The predicted molar refractivity (Wildman–Crippen MR) is 179 cm³/mol. The molecule has 1 aromatic heterocycles. The van der Waals surface area contributed by atoms with Gasteiger partial charge in [0.05, 0.1) is 22.0 Å². The Balaban J connectivity index is 1.50. The normalized spacial score (nSPS) is 15.1. The molecule has 0 unspecified atom stereocenters. The Morgan fingerprint density at radius 3 is 2.05 bits per heavy atom. The van der Waals surface area contributed by atoms with E-state index >= 15 is 0 Å². The lowest BCUT2D eigenvalue weighted by atomic mass is 10.1. The molecule has 0 radical (unpaired) electrons. The van der Waals surface area contributed by atoms with E-state index in [1.165, 1.54) is 11.8 Å². The molecule has 1 saturated heterocycles. The zero-order valence-electron chi connectivity index (χ0n) is 22.4. The molecule has 7 heteroatoms. The molecule has 0 aliphatic carbocycles. The van der Waals surface area contributed by atoms with Crippen LogP contribution in [0.15, 0.2) is 122 Å². The third kappa shape index (κ3) is 5.75. The molecule has 0 spiro atoms. The Bertz CT molecular complexity index is 1800. The molecule has 1 amide bonds. The summed E-state index contributed by atoms with van der Waals surface area (Å²) in [6.45, 7) is 4.08. The predicted octanol–water partition coefficient (Wildman–Crippen LogP) is 9.84. The number of thioether (sulfide) groups is 1. The van der Waals surface area contributed by atoms with Crippen molar-refractivity contribution in [3.8, 4) is 28.2 Å². The number of hydrogen-bond donors (Lipinski definition) is 1. The Hall–Kier alpha value is -3.65. The molecule has 1 N–H and O–H groups in total. The minimum Gasteiger partial charge on any atom is -0.309 e. The number of hydrogen-bond acceptors (Lipinski definition) is 3. The number of rotatable bonds is 5. The first-order chi connectivity index (χ1) is 19.9. The van der Waals surface area contributed by atoms with Crippen LogP contribution >= 0.6 is 43.6 Å². The topological polar surface area (TPSA) is 46.4 Å². The fourth-order valence-corrected chi connectivity index (χ4v) is 6.26. The van der Waals surface area contributed by atoms with E-state index in [9.17, 15) is 4.79 Å². The third-order valence-electron chi connectivity index (χ3n) is 6.82. The van der Waals surface area contributed by atoms with Crippen molar-refractivity contribution in [1.29, 1.82) is 0 Å². The molecule has 1 aliphatic heterocycles. The van der Waals surface area contributed by atoms with Crippen molar-refractivity contribution in [1.82, 2.24) is 9.88 Å². The standard InChI is InChI=1S/C34H25Br2N3OS/c1-21-17-27(18-22(2)31(21)36)37-34-38-33(40)30(41-34)20-25-19-29(23-9-5-3-6-10-23)39(28-15-13-26(35)14-16-28)32(25)24-11-7-4-8-12-24/h3-20H,1-2H3,(H,37,38,40)/b30-20+. The van der Waals surface area contributed by atoms with Crippen LogP contribution in [0.3, 0.4) is 0 Å². The van der Waals surface area contributed by atoms with Gasteiger partial charge in [0, 0.05) is 20.2 Å². The maximum atomic E-state index is 13.2. The van der Waals surface area contributed by atoms with Crippen molar-refractivity contribution >= 4 is 66.5 Å². The molecule has 0 saturated carbocycles. The van der Waals surface area contributed by atoms with E-state index < -0.39 is 0 Å². The van der Waals surface area contributed by atoms with E-state index in [0.717, 1.165) is 59.5 Å². The van der Waals surface area contributed by atoms with Crippen LogP contribution in [-0.2, 0) is 4.79 Å². The average Bonchev–Trinajstić information content (AvgIpc) is 3.52. The molecule has 5 aromatic rings. The highest BCUT2D eigenvalue weighted by Gasteiger charge is 2.26. The van der Waals surface area contributed by atoms with E-state index in [2.05, 4.69) is 84.2 Å². The highest BCUT2D eigenvalue weighted by Crippen LogP contribution is 2.39. The number of aryl methyl sites for hydroxylation is 2. The van der Waals surface area contributed by atoms with Gasteiger partial charge in [-0.2, -0.15) is 0 Å². The summed E-state index contributed by atoms with van der Waals surface area (Å²) in [4.78, 5) is 18.5. The minimum atomic E-state index is -0.157. The van der Waals surface area contributed by atoms with Crippen LogP contribution in [-0.4, -0.2) is 15.6 Å². The average molecular weight is 683 g/mol. The van der Waals surface area contributed by atoms with Gasteiger partial charge in [0.25, 0.3) is 5.91 Å².